The molecule has 0 aromatic heterocycles. The molecule has 1 saturated heterocycles. The van der Waals surface area contributed by atoms with Gasteiger partial charge in [0.1, 0.15) is 0 Å². The van der Waals surface area contributed by atoms with Crippen molar-refractivity contribution < 1.29 is 4.79 Å². The molecular weight excluding hydrogens is 162 g/mol. The van der Waals surface area contributed by atoms with Crippen LogP contribution in [-0.4, -0.2) is 11.9 Å². The third-order valence-corrected chi connectivity index (χ3v) is 3.24. The minimum atomic E-state index is 0.280. The Kier molecular flexibility index (Phi) is 2.31. The molecule has 13 heavy (non-hydrogen) atoms. The molecule has 0 spiro atoms. The Morgan fingerprint density at radius 3 is 2.69 bits per heavy atom. The van der Waals surface area contributed by atoms with E-state index in [-0.39, 0.29) is 5.91 Å². The lowest BCUT2D eigenvalue weighted by molar-refractivity contribution is -0.119. The van der Waals surface area contributed by atoms with Crippen LogP contribution in [0.4, 0.5) is 0 Å². The molecule has 2 fully saturated rings. The van der Waals surface area contributed by atoms with E-state index in [1.807, 2.05) is 0 Å². The van der Waals surface area contributed by atoms with Crippen LogP contribution in [0.25, 0.3) is 0 Å². The van der Waals surface area contributed by atoms with Gasteiger partial charge in [-0.15, -0.1) is 0 Å². The molecule has 1 heterocycles. The van der Waals surface area contributed by atoms with Crippen molar-refractivity contribution in [3.63, 3.8) is 0 Å². The summed E-state index contributed by atoms with van der Waals surface area (Å²) in [6.45, 7) is 4.46. The predicted octanol–water partition coefficient (Wildman–Crippen LogP) is 1.95. The largest absolute Gasteiger partial charge is 0.353 e. The van der Waals surface area contributed by atoms with E-state index in [0.717, 1.165) is 18.8 Å². The van der Waals surface area contributed by atoms with E-state index in [2.05, 4.69) is 19.2 Å². The SMILES string of the molecule is CC(C)CC1NC(=O)CC1C1CC1. The van der Waals surface area contributed by atoms with Crippen molar-refractivity contribution in [1.29, 1.82) is 0 Å². The maximum absolute atomic E-state index is 11.3. The fourth-order valence-corrected chi connectivity index (χ4v) is 2.49. The van der Waals surface area contributed by atoms with Crippen molar-refractivity contribution in [1.82, 2.24) is 5.32 Å². The van der Waals surface area contributed by atoms with Crippen molar-refractivity contribution in [2.45, 2.75) is 45.6 Å². The van der Waals surface area contributed by atoms with Gasteiger partial charge in [-0.25, -0.2) is 0 Å². The molecule has 2 aliphatic rings. The molecule has 2 rings (SSSR count). The van der Waals surface area contributed by atoms with Gasteiger partial charge in [0.15, 0.2) is 0 Å². The zero-order valence-electron chi connectivity index (χ0n) is 8.55. The van der Waals surface area contributed by atoms with Crippen molar-refractivity contribution in [2.24, 2.45) is 17.8 Å². The van der Waals surface area contributed by atoms with E-state index in [0.29, 0.717) is 17.9 Å². The molecule has 1 N–H and O–H groups in total. The molecule has 74 valence electrons. The molecule has 0 aromatic rings. The fraction of sp³-hybridized carbons (Fsp3) is 0.909. The van der Waals surface area contributed by atoms with Gasteiger partial charge < -0.3 is 5.32 Å². The average Bonchev–Trinajstić information content (AvgIpc) is 2.77. The summed E-state index contributed by atoms with van der Waals surface area (Å²) < 4.78 is 0. The highest BCUT2D eigenvalue weighted by atomic mass is 16.2. The maximum Gasteiger partial charge on any atom is 0.220 e. The third-order valence-electron chi connectivity index (χ3n) is 3.24. The second-order valence-corrected chi connectivity index (χ2v) is 5.01. The van der Waals surface area contributed by atoms with Crippen LogP contribution >= 0.6 is 0 Å². The third kappa shape index (κ3) is 2.04. The normalized spacial score (nSPS) is 33.9. The van der Waals surface area contributed by atoms with Crippen LogP contribution in [0.3, 0.4) is 0 Å². The van der Waals surface area contributed by atoms with Crippen LogP contribution in [-0.2, 0) is 4.79 Å². The molecule has 1 saturated carbocycles. The molecule has 2 nitrogen and oxygen atoms in total. The zero-order chi connectivity index (χ0) is 9.42. The molecule has 0 aromatic carbocycles. The van der Waals surface area contributed by atoms with Gasteiger partial charge in [0.25, 0.3) is 0 Å². The fourth-order valence-electron chi connectivity index (χ4n) is 2.49. The van der Waals surface area contributed by atoms with E-state index < -0.39 is 0 Å². The van der Waals surface area contributed by atoms with Crippen molar-refractivity contribution in [3.8, 4) is 0 Å². The second-order valence-electron chi connectivity index (χ2n) is 5.01. The van der Waals surface area contributed by atoms with Crippen LogP contribution < -0.4 is 5.32 Å². The quantitative estimate of drug-likeness (QED) is 0.708. The monoisotopic (exact) mass is 181 g/mol. The molecule has 2 heteroatoms. The lowest BCUT2D eigenvalue weighted by Gasteiger charge is -2.19. The Morgan fingerprint density at radius 2 is 2.15 bits per heavy atom. The smallest absolute Gasteiger partial charge is 0.220 e. The van der Waals surface area contributed by atoms with Crippen LogP contribution in [0.2, 0.25) is 0 Å². The average molecular weight is 181 g/mol. The highest BCUT2D eigenvalue weighted by Crippen LogP contribution is 2.43. The predicted molar refractivity (Wildman–Crippen MR) is 52.2 cm³/mol. The van der Waals surface area contributed by atoms with Crippen molar-refractivity contribution >= 4 is 5.91 Å². The first kappa shape index (κ1) is 9.04. The Balaban J connectivity index is 1.94. The number of rotatable bonds is 3. The van der Waals surface area contributed by atoms with Gasteiger partial charge in [-0.1, -0.05) is 13.8 Å². The molecule has 0 radical (unpaired) electrons. The Hall–Kier alpha value is -0.530. The van der Waals surface area contributed by atoms with Gasteiger partial charge >= 0.3 is 0 Å². The number of nitrogens with one attached hydrogen (secondary N) is 1. The summed E-state index contributed by atoms with van der Waals surface area (Å²) in [5, 5.41) is 3.12. The van der Waals surface area contributed by atoms with Crippen LogP contribution in [0.15, 0.2) is 0 Å². The van der Waals surface area contributed by atoms with Crippen LogP contribution in [0.5, 0.6) is 0 Å². The molecular formula is C11H19NO. The number of carbonyl (C=O) groups is 1. The molecule has 2 atom stereocenters. The Labute approximate surface area is 80.1 Å². The summed E-state index contributed by atoms with van der Waals surface area (Å²) in [5.41, 5.74) is 0. The molecule has 1 aliphatic heterocycles. The molecule has 1 amide bonds. The van der Waals surface area contributed by atoms with Crippen molar-refractivity contribution in [2.75, 3.05) is 0 Å². The summed E-state index contributed by atoms with van der Waals surface area (Å²) in [4.78, 5) is 11.3. The van der Waals surface area contributed by atoms with Crippen LogP contribution in [0, 0.1) is 17.8 Å². The second kappa shape index (κ2) is 3.32. The molecule has 0 bridgehead atoms. The van der Waals surface area contributed by atoms with Gasteiger partial charge in [0, 0.05) is 12.5 Å². The number of hydrogen-bond acceptors (Lipinski definition) is 1. The Morgan fingerprint density at radius 1 is 1.46 bits per heavy atom. The van der Waals surface area contributed by atoms with E-state index in [4.69, 9.17) is 0 Å². The number of hydrogen-bond donors (Lipinski definition) is 1. The molecule has 1 aliphatic carbocycles. The standard InChI is InChI=1S/C11H19NO/c1-7(2)5-10-9(8-3-4-8)6-11(13)12-10/h7-10H,3-6H2,1-2H3,(H,12,13). The summed E-state index contributed by atoms with van der Waals surface area (Å²) >= 11 is 0. The van der Waals surface area contributed by atoms with Gasteiger partial charge in [-0.3, -0.25) is 4.79 Å². The first-order valence-corrected chi connectivity index (χ1v) is 5.46. The lowest BCUT2D eigenvalue weighted by atomic mass is 9.89. The van der Waals surface area contributed by atoms with Gasteiger partial charge in [-0.05, 0) is 37.0 Å². The summed E-state index contributed by atoms with van der Waals surface area (Å²) in [6.07, 6.45) is 4.66. The highest BCUT2D eigenvalue weighted by molar-refractivity contribution is 5.79. The van der Waals surface area contributed by atoms with E-state index in [9.17, 15) is 4.79 Å². The topological polar surface area (TPSA) is 29.1 Å². The minimum Gasteiger partial charge on any atom is -0.353 e. The highest BCUT2D eigenvalue weighted by Gasteiger charge is 2.42. The minimum absolute atomic E-state index is 0.280. The number of amides is 1. The van der Waals surface area contributed by atoms with Crippen molar-refractivity contribution in [3.05, 3.63) is 0 Å². The van der Waals surface area contributed by atoms with E-state index >= 15 is 0 Å². The maximum atomic E-state index is 11.3. The van der Waals surface area contributed by atoms with E-state index in [1.54, 1.807) is 0 Å². The lowest BCUT2D eigenvalue weighted by Crippen LogP contribution is -2.31. The summed E-state index contributed by atoms with van der Waals surface area (Å²) in [7, 11) is 0. The summed E-state index contributed by atoms with van der Waals surface area (Å²) in [6, 6.07) is 0.486. The first-order chi connectivity index (χ1) is 6.16. The first-order valence-electron chi connectivity index (χ1n) is 5.46. The number of carbonyl (C=O) groups excluding carboxylic acids is 1. The zero-order valence-corrected chi connectivity index (χ0v) is 8.55. The van der Waals surface area contributed by atoms with Gasteiger partial charge in [0.05, 0.1) is 0 Å². The summed E-state index contributed by atoms with van der Waals surface area (Å²) in [5.74, 6) is 2.50. The van der Waals surface area contributed by atoms with Gasteiger partial charge in [0.2, 0.25) is 5.91 Å². The van der Waals surface area contributed by atoms with E-state index in [1.165, 1.54) is 12.8 Å². The Bertz CT molecular complexity index is 208. The van der Waals surface area contributed by atoms with Gasteiger partial charge in [-0.2, -0.15) is 0 Å². The molecule has 2 unspecified atom stereocenters. The van der Waals surface area contributed by atoms with Crippen LogP contribution in [0.1, 0.15) is 39.5 Å².